The van der Waals surface area contributed by atoms with Gasteiger partial charge in [0.05, 0.1) is 22.0 Å². The van der Waals surface area contributed by atoms with E-state index in [1.54, 1.807) is 18.3 Å². The predicted molar refractivity (Wildman–Crippen MR) is 71.5 cm³/mol. The van der Waals surface area contributed by atoms with Gasteiger partial charge in [-0.1, -0.05) is 17.7 Å². The molecular weight excluding hydrogens is 305 g/mol. The maximum absolute atomic E-state index is 12.7. The molecule has 0 amide bonds. The van der Waals surface area contributed by atoms with Crippen LogP contribution in [-0.4, -0.2) is 14.9 Å². The lowest BCUT2D eigenvalue weighted by molar-refractivity contribution is -0.137. The van der Waals surface area contributed by atoms with E-state index in [2.05, 4.69) is 4.98 Å². The summed E-state index contributed by atoms with van der Waals surface area (Å²) >= 11 is 5.96. The molecule has 0 unspecified atom stereocenters. The van der Waals surface area contributed by atoms with Crippen LogP contribution in [0, 0.1) is 0 Å². The first-order chi connectivity index (χ1) is 9.88. The number of alkyl halides is 3. The van der Waals surface area contributed by atoms with Gasteiger partial charge >= 0.3 is 6.18 Å². The summed E-state index contributed by atoms with van der Waals surface area (Å²) < 4.78 is 38.8. The second-order valence-electron chi connectivity index (χ2n) is 4.45. The number of rotatable bonds is 1. The van der Waals surface area contributed by atoms with Crippen molar-refractivity contribution in [2.75, 3.05) is 0 Å². The topological polar surface area (TPSA) is 38.0 Å². The van der Waals surface area contributed by atoms with Crippen LogP contribution < -0.4 is 0 Å². The number of benzene rings is 1. The fourth-order valence-electron chi connectivity index (χ4n) is 2.17. The summed E-state index contributed by atoms with van der Waals surface area (Å²) in [6, 6.07) is 6.25. The third kappa shape index (κ3) is 2.31. The van der Waals surface area contributed by atoms with E-state index in [-0.39, 0.29) is 5.02 Å². The van der Waals surface area contributed by atoms with Gasteiger partial charge in [-0.2, -0.15) is 17.9 Å². The fourth-order valence-corrected chi connectivity index (χ4v) is 2.44. The Morgan fingerprint density at radius 3 is 2.52 bits per heavy atom. The molecule has 21 heavy (non-hydrogen) atoms. The smallest absolute Gasteiger partial charge is 0.416 e. The summed E-state index contributed by atoms with van der Waals surface area (Å²) in [6.45, 7) is 0. The zero-order chi connectivity index (χ0) is 15.2. The molecule has 0 radical (unpaired) electrons. The van der Waals surface area contributed by atoms with E-state index < -0.39 is 11.7 Å². The molecule has 0 aliphatic carbocycles. The minimum atomic E-state index is -4.47. The molecule has 0 aromatic heterocycles. The van der Waals surface area contributed by atoms with Crippen LogP contribution >= 0.6 is 11.6 Å². The molecule has 1 aromatic rings. The second-order valence-corrected chi connectivity index (χ2v) is 4.85. The van der Waals surface area contributed by atoms with E-state index in [4.69, 9.17) is 11.6 Å². The summed E-state index contributed by atoms with van der Waals surface area (Å²) in [5, 5.41) is 9.85. The molecule has 3 rings (SSSR count). The van der Waals surface area contributed by atoms with Crippen LogP contribution in [0.2, 0.25) is 5.02 Å². The van der Waals surface area contributed by atoms with E-state index in [0.717, 1.165) is 16.9 Å². The maximum atomic E-state index is 12.7. The molecule has 0 fully saturated rings. The van der Waals surface area contributed by atoms with Gasteiger partial charge in [0.2, 0.25) is 0 Å². The summed E-state index contributed by atoms with van der Waals surface area (Å²) in [5.41, 5.74) is 0.968. The monoisotopic (exact) mass is 312 g/mol. The average Bonchev–Trinajstić information content (AvgIpc) is 2.86. The normalized spacial score (nSPS) is 12.0. The molecule has 2 aliphatic rings. The Hall–Kier alpha value is -2.21. The van der Waals surface area contributed by atoms with Crippen molar-refractivity contribution in [1.82, 2.24) is 9.71 Å². The number of halogens is 4. The Kier molecular flexibility index (Phi) is 3.06. The first kappa shape index (κ1) is 13.8. The molecule has 0 atom stereocenters. The molecule has 0 saturated carbocycles. The fraction of sp³-hybridized carbons (Fsp3) is 0.0714. The third-order valence-electron chi connectivity index (χ3n) is 3.14. The van der Waals surface area contributed by atoms with Gasteiger partial charge in [-0.15, -0.1) is 0 Å². The van der Waals surface area contributed by atoms with Gasteiger partial charge in [-0.25, -0.2) is 0 Å². The number of pyridine rings is 1. The van der Waals surface area contributed by atoms with Crippen LogP contribution in [0.4, 0.5) is 13.2 Å². The Morgan fingerprint density at radius 2 is 1.86 bits per heavy atom. The van der Waals surface area contributed by atoms with E-state index in [1.165, 1.54) is 12.3 Å². The lowest BCUT2D eigenvalue weighted by Crippen LogP contribution is -2.06. The predicted octanol–water partition coefficient (Wildman–Crippen LogP) is 4.56. The number of aromatic nitrogens is 2. The van der Waals surface area contributed by atoms with Crippen LogP contribution in [-0.2, 0) is 6.18 Å². The third-order valence-corrected chi connectivity index (χ3v) is 3.45. The van der Waals surface area contributed by atoms with Crippen molar-refractivity contribution in [3.05, 3.63) is 53.3 Å². The van der Waals surface area contributed by atoms with Crippen LogP contribution in [0.3, 0.4) is 0 Å². The zero-order valence-electron chi connectivity index (χ0n) is 10.4. The van der Waals surface area contributed by atoms with Crippen molar-refractivity contribution in [3.63, 3.8) is 0 Å². The molecule has 1 N–H and O–H groups in total. The van der Waals surface area contributed by atoms with Crippen LogP contribution in [0.25, 0.3) is 22.5 Å². The van der Waals surface area contributed by atoms with Crippen molar-refractivity contribution < 1.29 is 18.4 Å². The van der Waals surface area contributed by atoms with Crippen molar-refractivity contribution in [2.45, 2.75) is 6.18 Å². The minimum Gasteiger partial charge on any atom is -0.428 e. The maximum Gasteiger partial charge on any atom is 0.416 e. The van der Waals surface area contributed by atoms with Gasteiger partial charge in [-0.05, 0) is 24.3 Å². The summed E-state index contributed by atoms with van der Waals surface area (Å²) in [7, 11) is 0. The Balaban J connectivity index is 2.20. The van der Waals surface area contributed by atoms with Gasteiger partial charge in [0.1, 0.15) is 0 Å². The Labute approximate surface area is 122 Å². The molecular formula is C14H8ClF3N2O. The van der Waals surface area contributed by atoms with Crippen molar-refractivity contribution >= 4 is 11.6 Å². The summed E-state index contributed by atoms with van der Waals surface area (Å²) in [5.74, 6) is 0. The summed E-state index contributed by atoms with van der Waals surface area (Å²) in [6.07, 6.45) is -1.56. The molecule has 3 nitrogen and oxygen atoms in total. The highest BCUT2D eigenvalue weighted by Crippen LogP contribution is 2.39. The molecule has 2 heterocycles. The number of nitrogens with zero attached hydrogens (tertiary/aromatic N) is 2. The zero-order valence-corrected chi connectivity index (χ0v) is 11.2. The standard InChI is InChI=1S/C14H8ClF3N2O/c15-11-7-8(14(16,17)18)1-2-9(11)13-10-3-5-19-12(10)4-6-20(13)21/h1-7,21H. The molecule has 1 aromatic carbocycles. The highest BCUT2D eigenvalue weighted by molar-refractivity contribution is 6.33. The molecule has 108 valence electrons. The Bertz CT molecular complexity index is 782. The van der Waals surface area contributed by atoms with Gasteiger partial charge < -0.3 is 5.21 Å². The van der Waals surface area contributed by atoms with Crippen LogP contribution in [0.15, 0.2) is 42.7 Å². The molecule has 7 heteroatoms. The SMILES string of the molecule is On1ccc2nccc-2c1-c1ccc(C(F)(F)F)cc1Cl. The van der Waals surface area contributed by atoms with E-state index >= 15 is 0 Å². The van der Waals surface area contributed by atoms with Crippen molar-refractivity contribution in [3.8, 4) is 22.5 Å². The van der Waals surface area contributed by atoms with Crippen LogP contribution in [0.1, 0.15) is 5.56 Å². The van der Waals surface area contributed by atoms with Crippen molar-refractivity contribution in [1.29, 1.82) is 0 Å². The molecule has 0 saturated heterocycles. The lowest BCUT2D eigenvalue weighted by atomic mass is 10.0. The molecule has 0 bridgehead atoms. The van der Waals surface area contributed by atoms with Gasteiger partial charge in [0, 0.05) is 23.5 Å². The van der Waals surface area contributed by atoms with Gasteiger partial charge in [0.15, 0.2) is 0 Å². The van der Waals surface area contributed by atoms with E-state index in [9.17, 15) is 18.4 Å². The number of hydrogen-bond donors (Lipinski definition) is 1. The number of hydrogen-bond acceptors (Lipinski definition) is 2. The van der Waals surface area contributed by atoms with Crippen LogP contribution in [0.5, 0.6) is 0 Å². The summed E-state index contributed by atoms with van der Waals surface area (Å²) in [4.78, 5) is 4.08. The highest BCUT2D eigenvalue weighted by Gasteiger charge is 2.31. The first-order valence-electron chi connectivity index (χ1n) is 5.90. The molecule has 2 aliphatic heterocycles. The first-order valence-corrected chi connectivity index (χ1v) is 6.28. The second kappa shape index (κ2) is 4.66. The quantitative estimate of drug-likeness (QED) is 0.669. The van der Waals surface area contributed by atoms with Crippen molar-refractivity contribution in [2.24, 2.45) is 0 Å². The van der Waals surface area contributed by atoms with Gasteiger partial charge in [-0.3, -0.25) is 4.98 Å². The Morgan fingerprint density at radius 1 is 1.10 bits per heavy atom. The molecule has 0 spiro atoms. The lowest BCUT2D eigenvalue weighted by Gasteiger charge is -2.15. The van der Waals surface area contributed by atoms with E-state index in [1.807, 2.05) is 0 Å². The largest absolute Gasteiger partial charge is 0.428 e. The highest BCUT2D eigenvalue weighted by atomic mass is 35.5. The van der Waals surface area contributed by atoms with E-state index in [0.29, 0.717) is 22.5 Å². The minimum absolute atomic E-state index is 0.0960. The van der Waals surface area contributed by atoms with Gasteiger partial charge in [0.25, 0.3) is 0 Å². The number of fused-ring (bicyclic) bond motifs is 1. The average molecular weight is 313 g/mol.